The molecule has 0 radical (unpaired) electrons. The Morgan fingerprint density at radius 1 is 1.04 bits per heavy atom. The number of likely N-dealkylation sites (tertiary alicyclic amines) is 1. The van der Waals surface area contributed by atoms with E-state index in [0.29, 0.717) is 11.8 Å². The molecule has 3 aromatic rings. The van der Waals surface area contributed by atoms with Crippen molar-refractivity contribution in [2.24, 2.45) is 0 Å². The molecule has 4 nitrogen and oxygen atoms in total. The second kappa shape index (κ2) is 6.81. The van der Waals surface area contributed by atoms with Gasteiger partial charge >= 0.3 is 0 Å². The van der Waals surface area contributed by atoms with Gasteiger partial charge in [0.2, 0.25) is 11.8 Å². The van der Waals surface area contributed by atoms with Crippen LogP contribution in [-0.2, 0) is 6.54 Å². The van der Waals surface area contributed by atoms with E-state index in [0.717, 1.165) is 37.5 Å². The Morgan fingerprint density at radius 3 is 2.64 bits per heavy atom. The molecule has 0 unspecified atom stereocenters. The molecule has 4 rings (SSSR count). The third-order valence-corrected chi connectivity index (χ3v) is 5.02. The van der Waals surface area contributed by atoms with Crippen molar-refractivity contribution >= 4 is 0 Å². The summed E-state index contributed by atoms with van der Waals surface area (Å²) in [6.45, 7) is 7.28. The highest BCUT2D eigenvalue weighted by atomic mass is 16.4. The Labute approximate surface area is 148 Å². The molecule has 0 N–H and O–H groups in total. The number of hydrogen-bond donors (Lipinski definition) is 0. The van der Waals surface area contributed by atoms with Gasteiger partial charge in [-0.25, -0.2) is 0 Å². The van der Waals surface area contributed by atoms with Crippen molar-refractivity contribution in [3.8, 4) is 11.5 Å². The van der Waals surface area contributed by atoms with E-state index in [2.05, 4.69) is 65.3 Å². The molecule has 128 valence electrons. The second-order valence-electron chi connectivity index (χ2n) is 6.96. The normalized spacial score (nSPS) is 17.9. The van der Waals surface area contributed by atoms with Crippen LogP contribution in [0.3, 0.4) is 0 Å². The molecule has 1 fully saturated rings. The standard InChI is InChI=1S/C21H23N3O/c1-15-7-9-17(10-8-15)20-22-23-21(25-20)19-11-12-24(14-19)13-18-6-4-3-5-16(18)2/h3-10,19H,11-14H2,1-2H3/t19-/m0/s1. The van der Waals surface area contributed by atoms with Crippen LogP contribution in [0.25, 0.3) is 11.5 Å². The molecule has 0 saturated carbocycles. The minimum absolute atomic E-state index is 0.329. The summed E-state index contributed by atoms with van der Waals surface area (Å²) in [5, 5.41) is 8.56. The SMILES string of the molecule is Cc1ccc(-c2nnc([C@H]3CCN(Cc4ccccc4C)C3)o2)cc1. The van der Waals surface area contributed by atoms with Crippen LogP contribution in [0.2, 0.25) is 0 Å². The first-order valence-corrected chi connectivity index (χ1v) is 8.86. The van der Waals surface area contributed by atoms with Crippen molar-refractivity contribution in [2.45, 2.75) is 32.7 Å². The molecular weight excluding hydrogens is 310 g/mol. The lowest BCUT2D eigenvalue weighted by Crippen LogP contribution is -2.20. The lowest BCUT2D eigenvalue weighted by Gasteiger charge is -2.16. The first-order valence-electron chi connectivity index (χ1n) is 8.86. The Balaban J connectivity index is 1.44. The van der Waals surface area contributed by atoms with Gasteiger partial charge in [-0.3, -0.25) is 4.90 Å². The molecule has 1 aromatic heterocycles. The van der Waals surface area contributed by atoms with Gasteiger partial charge in [0.15, 0.2) is 0 Å². The molecule has 1 atom stereocenters. The van der Waals surface area contributed by atoms with Crippen LogP contribution in [0, 0.1) is 13.8 Å². The van der Waals surface area contributed by atoms with Crippen LogP contribution < -0.4 is 0 Å². The number of benzene rings is 2. The molecule has 0 amide bonds. The average Bonchev–Trinajstić information content (AvgIpc) is 3.27. The fourth-order valence-electron chi connectivity index (χ4n) is 3.42. The second-order valence-corrected chi connectivity index (χ2v) is 6.96. The molecule has 0 spiro atoms. The van der Waals surface area contributed by atoms with Crippen LogP contribution in [-0.4, -0.2) is 28.2 Å². The molecule has 1 saturated heterocycles. The number of nitrogens with zero attached hydrogens (tertiary/aromatic N) is 3. The summed E-state index contributed by atoms with van der Waals surface area (Å²) < 4.78 is 5.97. The molecule has 1 aliphatic rings. The van der Waals surface area contributed by atoms with E-state index in [9.17, 15) is 0 Å². The number of aryl methyl sites for hydroxylation is 2. The van der Waals surface area contributed by atoms with Crippen molar-refractivity contribution in [1.29, 1.82) is 0 Å². The Hall–Kier alpha value is -2.46. The van der Waals surface area contributed by atoms with Crippen LogP contribution in [0.15, 0.2) is 52.9 Å². The molecule has 1 aliphatic heterocycles. The van der Waals surface area contributed by atoms with E-state index in [1.54, 1.807) is 0 Å². The predicted molar refractivity (Wildman–Crippen MR) is 98.3 cm³/mol. The largest absolute Gasteiger partial charge is 0.420 e. The molecule has 25 heavy (non-hydrogen) atoms. The average molecular weight is 333 g/mol. The van der Waals surface area contributed by atoms with Gasteiger partial charge in [-0.05, 0) is 50.1 Å². The number of hydrogen-bond acceptors (Lipinski definition) is 4. The van der Waals surface area contributed by atoms with Crippen molar-refractivity contribution in [1.82, 2.24) is 15.1 Å². The third-order valence-electron chi connectivity index (χ3n) is 5.02. The van der Waals surface area contributed by atoms with Crippen molar-refractivity contribution in [3.63, 3.8) is 0 Å². The maximum Gasteiger partial charge on any atom is 0.247 e. The highest BCUT2D eigenvalue weighted by Gasteiger charge is 2.28. The van der Waals surface area contributed by atoms with Crippen LogP contribution >= 0.6 is 0 Å². The maximum atomic E-state index is 5.97. The summed E-state index contributed by atoms with van der Waals surface area (Å²) in [4.78, 5) is 2.47. The minimum Gasteiger partial charge on any atom is -0.420 e. The highest BCUT2D eigenvalue weighted by molar-refractivity contribution is 5.52. The lowest BCUT2D eigenvalue weighted by molar-refractivity contribution is 0.319. The van der Waals surface area contributed by atoms with Crippen LogP contribution in [0.5, 0.6) is 0 Å². The molecule has 4 heteroatoms. The number of rotatable bonds is 4. The zero-order chi connectivity index (χ0) is 17.2. The Morgan fingerprint density at radius 2 is 1.84 bits per heavy atom. The van der Waals surface area contributed by atoms with Crippen LogP contribution in [0.4, 0.5) is 0 Å². The van der Waals surface area contributed by atoms with Gasteiger partial charge in [0.05, 0.1) is 5.92 Å². The van der Waals surface area contributed by atoms with E-state index in [1.165, 1.54) is 16.7 Å². The molecule has 0 bridgehead atoms. The molecular formula is C21H23N3O. The number of aromatic nitrogens is 2. The summed E-state index contributed by atoms with van der Waals surface area (Å²) in [6, 6.07) is 16.8. The van der Waals surface area contributed by atoms with E-state index in [-0.39, 0.29) is 0 Å². The van der Waals surface area contributed by atoms with Gasteiger partial charge in [0.25, 0.3) is 0 Å². The smallest absolute Gasteiger partial charge is 0.247 e. The van der Waals surface area contributed by atoms with Crippen LogP contribution in [0.1, 0.15) is 34.9 Å². The van der Waals surface area contributed by atoms with Crippen molar-refractivity contribution in [2.75, 3.05) is 13.1 Å². The summed E-state index contributed by atoms with van der Waals surface area (Å²) in [6.07, 6.45) is 1.07. The van der Waals surface area contributed by atoms with Gasteiger partial charge in [-0.15, -0.1) is 10.2 Å². The topological polar surface area (TPSA) is 42.2 Å². The first-order chi connectivity index (χ1) is 12.2. The zero-order valence-corrected chi connectivity index (χ0v) is 14.8. The van der Waals surface area contributed by atoms with Gasteiger partial charge in [0.1, 0.15) is 0 Å². The first kappa shape index (κ1) is 16.0. The molecule has 2 aromatic carbocycles. The maximum absolute atomic E-state index is 5.97. The van der Waals surface area contributed by atoms with Gasteiger partial charge < -0.3 is 4.42 Å². The fourth-order valence-corrected chi connectivity index (χ4v) is 3.42. The van der Waals surface area contributed by atoms with Crippen molar-refractivity contribution < 1.29 is 4.42 Å². The summed E-state index contributed by atoms with van der Waals surface area (Å²) in [7, 11) is 0. The Bertz CT molecular complexity index is 854. The van der Waals surface area contributed by atoms with E-state index in [1.807, 2.05) is 12.1 Å². The minimum atomic E-state index is 0.329. The monoisotopic (exact) mass is 333 g/mol. The van der Waals surface area contributed by atoms with Gasteiger partial charge in [-0.2, -0.15) is 0 Å². The summed E-state index contributed by atoms with van der Waals surface area (Å²) in [5.41, 5.74) is 4.96. The Kier molecular flexibility index (Phi) is 4.36. The fraction of sp³-hybridized carbons (Fsp3) is 0.333. The van der Waals surface area contributed by atoms with E-state index < -0.39 is 0 Å². The van der Waals surface area contributed by atoms with E-state index in [4.69, 9.17) is 4.42 Å². The predicted octanol–water partition coefficient (Wildman–Crippen LogP) is 4.34. The highest BCUT2D eigenvalue weighted by Crippen LogP contribution is 2.29. The van der Waals surface area contributed by atoms with Gasteiger partial charge in [-0.1, -0.05) is 42.0 Å². The lowest BCUT2D eigenvalue weighted by atomic mass is 10.1. The quantitative estimate of drug-likeness (QED) is 0.712. The zero-order valence-electron chi connectivity index (χ0n) is 14.8. The van der Waals surface area contributed by atoms with Crippen molar-refractivity contribution in [3.05, 3.63) is 71.1 Å². The summed E-state index contributed by atoms with van der Waals surface area (Å²) >= 11 is 0. The summed E-state index contributed by atoms with van der Waals surface area (Å²) in [5.74, 6) is 1.71. The van der Waals surface area contributed by atoms with Gasteiger partial charge in [0, 0.05) is 18.7 Å². The molecule has 0 aliphatic carbocycles. The third kappa shape index (κ3) is 3.49. The van der Waals surface area contributed by atoms with E-state index >= 15 is 0 Å². The molecule has 2 heterocycles.